The van der Waals surface area contributed by atoms with Crippen molar-refractivity contribution in [3.63, 3.8) is 0 Å². The van der Waals surface area contributed by atoms with E-state index in [1.165, 1.54) is 25.7 Å². The van der Waals surface area contributed by atoms with Gasteiger partial charge >= 0.3 is 5.69 Å². The number of hydrogen-bond acceptors (Lipinski definition) is 3. The summed E-state index contributed by atoms with van der Waals surface area (Å²) in [5.41, 5.74) is 8.91. The van der Waals surface area contributed by atoms with Gasteiger partial charge in [-0.15, -0.1) is 0 Å². The fourth-order valence-corrected chi connectivity index (χ4v) is 2.98. The van der Waals surface area contributed by atoms with Gasteiger partial charge in [0, 0.05) is 12.6 Å². The van der Waals surface area contributed by atoms with Crippen molar-refractivity contribution in [2.45, 2.75) is 31.7 Å². The molecule has 108 valence electrons. The molecular weight excluding hydrogens is 252 g/mol. The summed E-state index contributed by atoms with van der Waals surface area (Å²) in [6.45, 7) is 3.19. The average Bonchev–Trinajstić information content (AvgIpc) is 2.62. The van der Waals surface area contributed by atoms with Gasteiger partial charge in [-0.05, 0) is 43.6 Å². The summed E-state index contributed by atoms with van der Waals surface area (Å²) in [6, 6.07) is 5.91. The number of fused-ring (bicyclic) bond motifs is 1. The first-order chi connectivity index (χ1) is 9.72. The summed E-state index contributed by atoms with van der Waals surface area (Å²) >= 11 is 0. The lowest BCUT2D eigenvalue weighted by atomic mass is 10.1. The molecule has 0 radical (unpaired) electrons. The number of aromatic nitrogens is 2. The highest BCUT2D eigenvalue weighted by molar-refractivity contribution is 5.75. The molecule has 1 fully saturated rings. The summed E-state index contributed by atoms with van der Waals surface area (Å²) in [6.07, 6.45) is 5.22. The van der Waals surface area contributed by atoms with Crippen molar-refractivity contribution in [1.29, 1.82) is 0 Å². The van der Waals surface area contributed by atoms with Crippen molar-refractivity contribution in [2.24, 2.45) is 5.73 Å². The van der Waals surface area contributed by atoms with Crippen molar-refractivity contribution in [3.05, 3.63) is 34.2 Å². The van der Waals surface area contributed by atoms with Crippen LogP contribution in [-0.2, 0) is 0 Å². The van der Waals surface area contributed by atoms with Crippen molar-refractivity contribution < 1.29 is 0 Å². The number of nitrogens with two attached hydrogens (primary N) is 1. The second kappa shape index (κ2) is 5.81. The van der Waals surface area contributed by atoms with Crippen LogP contribution in [0.2, 0.25) is 0 Å². The molecule has 0 aliphatic carbocycles. The van der Waals surface area contributed by atoms with Crippen LogP contribution in [0.5, 0.6) is 0 Å². The highest BCUT2D eigenvalue weighted by Crippen LogP contribution is 2.18. The van der Waals surface area contributed by atoms with Crippen LogP contribution in [0.4, 0.5) is 0 Å². The monoisotopic (exact) mass is 274 g/mol. The van der Waals surface area contributed by atoms with Crippen molar-refractivity contribution >= 4 is 11.0 Å². The predicted octanol–water partition coefficient (Wildman–Crippen LogP) is 1.73. The van der Waals surface area contributed by atoms with Gasteiger partial charge in [-0.2, -0.15) is 0 Å². The normalized spacial score (nSPS) is 19.1. The van der Waals surface area contributed by atoms with Crippen LogP contribution in [0.3, 0.4) is 0 Å². The van der Waals surface area contributed by atoms with Crippen LogP contribution in [0.15, 0.2) is 23.0 Å². The van der Waals surface area contributed by atoms with Crippen LogP contribution in [0.25, 0.3) is 11.0 Å². The lowest BCUT2D eigenvalue weighted by Gasteiger charge is -2.24. The van der Waals surface area contributed by atoms with Gasteiger partial charge in [0.25, 0.3) is 0 Å². The molecule has 20 heavy (non-hydrogen) atoms. The minimum Gasteiger partial charge on any atom is -0.323 e. The van der Waals surface area contributed by atoms with E-state index in [-0.39, 0.29) is 11.7 Å². The first-order valence-corrected chi connectivity index (χ1v) is 7.42. The van der Waals surface area contributed by atoms with E-state index in [2.05, 4.69) is 14.9 Å². The zero-order chi connectivity index (χ0) is 13.9. The molecule has 0 amide bonds. The lowest BCUT2D eigenvalue weighted by molar-refractivity contribution is 0.268. The molecule has 0 saturated carbocycles. The molecule has 1 saturated heterocycles. The van der Waals surface area contributed by atoms with E-state index in [4.69, 9.17) is 5.73 Å². The molecule has 0 bridgehead atoms. The van der Waals surface area contributed by atoms with E-state index in [1.807, 2.05) is 18.2 Å². The maximum atomic E-state index is 11.3. The number of imidazole rings is 1. The minimum atomic E-state index is -0.168. The Morgan fingerprint density at radius 1 is 1.10 bits per heavy atom. The fraction of sp³-hybridized carbons (Fsp3) is 0.533. The third-order valence-electron chi connectivity index (χ3n) is 4.12. The number of aromatic amines is 2. The Bertz CT molecular complexity index is 622. The van der Waals surface area contributed by atoms with Crippen LogP contribution in [-0.4, -0.2) is 34.5 Å². The topological polar surface area (TPSA) is 77.9 Å². The van der Waals surface area contributed by atoms with E-state index >= 15 is 0 Å². The number of nitrogens with zero attached hydrogens (tertiary/aromatic N) is 1. The first-order valence-electron chi connectivity index (χ1n) is 7.42. The maximum absolute atomic E-state index is 11.3. The number of H-pyrrole nitrogens is 2. The fourth-order valence-electron chi connectivity index (χ4n) is 2.98. The Hall–Kier alpha value is -1.59. The number of benzene rings is 1. The highest BCUT2D eigenvalue weighted by Gasteiger charge is 2.14. The van der Waals surface area contributed by atoms with Gasteiger partial charge in [-0.3, -0.25) is 0 Å². The van der Waals surface area contributed by atoms with Crippen molar-refractivity contribution in [1.82, 2.24) is 14.9 Å². The zero-order valence-electron chi connectivity index (χ0n) is 11.7. The molecule has 5 heteroatoms. The van der Waals surface area contributed by atoms with E-state index in [9.17, 15) is 4.79 Å². The number of hydrogen-bond donors (Lipinski definition) is 3. The third kappa shape index (κ3) is 2.94. The molecule has 4 N–H and O–H groups in total. The standard InChI is InChI=1S/C15H22N4O/c16-12(10-19-7-3-1-2-4-8-19)11-5-6-13-14(9-11)18-15(20)17-13/h5-6,9,12H,1-4,7-8,10,16H2,(H2,17,18,20). The summed E-state index contributed by atoms with van der Waals surface area (Å²) in [5.74, 6) is 0. The van der Waals surface area contributed by atoms with Crippen LogP contribution in [0, 0.1) is 0 Å². The Labute approximate surface area is 118 Å². The van der Waals surface area contributed by atoms with Gasteiger partial charge in [0.05, 0.1) is 11.0 Å². The van der Waals surface area contributed by atoms with Gasteiger partial charge < -0.3 is 20.6 Å². The minimum absolute atomic E-state index is 0.00379. The van der Waals surface area contributed by atoms with Gasteiger partial charge in [-0.1, -0.05) is 18.9 Å². The Kier molecular flexibility index (Phi) is 3.89. The first kappa shape index (κ1) is 13.4. The molecule has 1 aromatic heterocycles. The molecular formula is C15H22N4O. The molecule has 1 aliphatic heterocycles. The molecule has 1 unspecified atom stereocenters. The van der Waals surface area contributed by atoms with E-state index in [0.29, 0.717) is 0 Å². The van der Waals surface area contributed by atoms with Crippen molar-refractivity contribution in [3.8, 4) is 0 Å². The molecule has 1 aromatic carbocycles. The quantitative estimate of drug-likeness (QED) is 0.797. The lowest BCUT2D eigenvalue weighted by Crippen LogP contribution is -2.32. The largest absolute Gasteiger partial charge is 0.323 e. The number of likely N-dealkylation sites (tertiary alicyclic amines) is 1. The summed E-state index contributed by atoms with van der Waals surface area (Å²) in [7, 11) is 0. The summed E-state index contributed by atoms with van der Waals surface area (Å²) < 4.78 is 0. The van der Waals surface area contributed by atoms with Gasteiger partial charge in [-0.25, -0.2) is 4.79 Å². The zero-order valence-corrected chi connectivity index (χ0v) is 11.7. The second-order valence-electron chi connectivity index (χ2n) is 5.71. The molecule has 0 spiro atoms. The maximum Gasteiger partial charge on any atom is 0.323 e. The van der Waals surface area contributed by atoms with Crippen LogP contribution < -0.4 is 11.4 Å². The third-order valence-corrected chi connectivity index (χ3v) is 4.12. The molecule has 1 aliphatic rings. The van der Waals surface area contributed by atoms with Crippen LogP contribution >= 0.6 is 0 Å². The Balaban J connectivity index is 1.73. The van der Waals surface area contributed by atoms with Gasteiger partial charge in [0.1, 0.15) is 0 Å². The molecule has 3 rings (SSSR count). The average molecular weight is 274 g/mol. The van der Waals surface area contributed by atoms with Crippen LogP contribution in [0.1, 0.15) is 37.3 Å². The molecule has 2 heterocycles. The second-order valence-corrected chi connectivity index (χ2v) is 5.71. The Morgan fingerprint density at radius 2 is 1.80 bits per heavy atom. The SMILES string of the molecule is NC(CN1CCCCCC1)c1ccc2[nH]c(=O)[nH]c2c1. The Morgan fingerprint density at radius 3 is 2.55 bits per heavy atom. The summed E-state index contributed by atoms with van der Waals surface area (Å²) in [5, 5.41) is 0. The predicted molar refractivity (Wildman–Crippen MR) is 80.8 cm³/mol. The van der Waals surface area contributed by atoms with E-state index in [1.54, 1.807) is 0 Å². The summed E-state index contributed by atoms with van der Waals surface area (Å²) in [4.78, 5) is 19.3. The number of rotatable bonds is 3. The number of nitrogens with one attached hydrogen (secondary N) is 2. The highest BCUT2D eigenvalue weighted by atomic mass is 16.1. The van der Waals surface area contributed by atoms with E-state index < -0.39 is 0 Å². The molecule has 2 aromatic rings. The smallest absolute Gasteiger partial charge is 0.323 e. The van der Waals surface area contributed by atoms with E-state index in [0.717, 1.165) is 36.2 Å². The molecule has 5 nitrogen and oxygen atoms in total. The van der Waals surface area contributed by atoms with Gasteiger partial charge in [0.15, 0.2) is 0 Å². The van der Waals surface area contributed by atoms with Gasteiger partial charge in [0.2, 0.25) is 0 Å². The molecule has 1 atom stereocenters. The van der Waals surface area contributed by atoms with Crippen molar-refractivity contribution in [2.75, 3.05) is 19.6 Å².